The highest BCUT2D eigenvalue weighted by molar-refractivity contribution is 8.02. The van der Waals surface area contributed by atoms with Gasteiger partial charge in [-0.2, -0.15) is 0 Å². The third kappa shape index (κ3) is 6.16. The first kappa shape index (κ1) is 19.9. The number of aromatic nitrogens is 1. The van der Waals surface area contributed by atoms with E-state index in [1.807, 2.05) is 30.3 Å². The molecular weight excluding hydrogens is 372 g/mol. The third-order valence-corrected chi connectivity index (χ3v) is 5.74. The number of nitrogens with zero attached hydrogens (tertiary/aromatic N) is 1. The van der Waals surface area contributed by atoms with Crippen LogP contribution in [0, 0.1) is 6.92 Å². The van der Waals surface area contributed by atoms with Crippen molar-refractivity contribution in [2.45, 2.75) is 36.4 Å². The van der Waals surface area contributed by atoms with Crippen LogP contribution < -0.4 is 16.4 Å². The minimum absolute atomic E-state index is 0.131. The Kier molecular flexibility index (Phi) is 7.16. The fourth-order valence-electron chi connectivity index (χ4n) is 2.01. The lowest BCUT2D eigenvalue weighted by Crippen LogP contribution is -2.42. The van der Waals surface area contributed by atoms with Gasteiger partial charge in [-0.05, 0) is 19.4 Å². The number of nitrogens with two attached hydrogens (primary N) is 1. The summed E-state index contributed by atoms with van der Waals surface area (Å²) in [5.74, 6) is -0.834. The van der Waals surface area contributed by atoms with Crippen LogP contribution in [0.3, 0.4) is 0 Å². The number of amides is 4. The summed E-state index contributed by atoms with van der Waals surface area (Å²) >= 11 is 2.56. The number of carbonyl (C=O) groups excluding carboxylic acids is 3. The molecule has 1 heterocycles. The van der Waals surface area contributed by atoms with Gasteiger partial charge in [-0.15, -0.1) is 11.3 Å². The van der Waals surface area contributed by atoms with Crippen molar-refractivity contribution in [1.29, 1.82) is 0 Å². The van der Waals surface area contributed by atoms with Crippen LogP contribution in [0.25, 0.3) is 0 Å². The summed E-state index contributed by atoms with van der Waals surface area (Å²) in [5, 5.41) is 4.45. The minimum atomic E-state index is -0.545. The number of thioether (sulfide) groups is 1. The molecule has 26 heavy (non-hydrogen) atoms. The van der Waals surface area contributed by atoms with Crippen molar-refractivity contribution < 1.29 is 14.4 Å². The summed E-state index contributed by atoms with van der Waals surface area (Å²) in [6.07, 6.45) is 0.131. The van der Waals surface area contributed by atoms with E-state index >= 15 is 0 Å². The molecule has 0 aliphatic heterocycles. The molecule has 0 radical (unpaired) electrons. The highest BCUT2D eigenvalue weighted by atomic mass is 32.2. The predicted molar refractivity (Wildman–Crippen MR) is 102 cm³/mol. The van der Waals surface area contributed by atoms with Crippen LogP contribution in [0.5, 0.6) is 0 Å². The van der Waals surface area contributed by atoms with Crippen LogP contribution >= 0.6 is 23.1 Å². The van der Waals surface area contributed by atoms with Gasteiger partial charge in [0.05, 0.1) is 17.4 Å². The molecule has 0 fully saturated rings. The molecule has 4 amide bonds. The van der Waals surface area contributed by atoms with Gasteiger partial charge in [0, 0.05) is 11.4 Å². The van der Waals surface area contributed by atoms with Crippen LogP contribution in [0.2, 0.25) is 0 Å². The van der Waals surface area contributed by atoms with Crippen LogP contribution in [0.15, 0.2) is 34.7 Å². The Morgan fingerprint density at radius 2 is 1.96 bits per heavy atom. The first-order valence-electron chi connectivity index (χ1n) is 7.89. The summed E-state index contributed by atoms with van der Waals surface area (Å²) < 4.78 is 0.658. The van der Waals surface area contributed by atoms with Gasteiger partial charge in [0.1, 0.15) is 0 Å². The Hall–Kier alpha value is -2.39. The molecule has 0 saturated carbocycles. The van der Waals surface area contributed by atoms with Crippen molar-refractivity contribution in [2.75, 3.05) is 0 Å². The van der Waals surface area contributed by atoms with Crippen LogP contribution in [-0.4, -0.2) is 28.1 Å². The van der Waals surface area contributed by atoms with Gasteiger partial charge in [-0.25, -0.2) is 9.78 Å². The van der Waals surface area contributed by atoms with Crippen molar-refractivity contribution in [3.8, 4) is 0 Å². The van der Waals surface area contributed by atoms with Gasteiger partial charge in [-0.3, -0.25) is 14.9 Å². The molecule has 0 spiro atoms. The van der Waals surface area contributed by atoms with E-state index in [0.29, 0.717) is 10.9 Å². The summed E-state index contributed by atoms with van der Waals surface area (Å²) in [7, 11) is 0. The number of urea groups is 1. The van der Waals surface area contributed by atoms with Gasteiger partial charge in [0.15, 0.2) is 4.34 Å². The van der Waals surface area contributed by atoms with E-state index in [4.69, 9.17) is 5.73 Å². The zero-order chi connectivity index (χ0) is 19.1. The van der Waals surface area contributed by atoms with Crippen LogP contribution in [0.4, 0.5) is 4.79 Å². The standard InChI is InChI=1S/C17H20N4O3S2/c1-10-13(8-14(18)22)26-17(20-10)25-11(2)15(23)21-16(24)19-9-12-6-4-3-5-7-12/h3-7,11H,8-9H2,1-2H3,(H2,18,22)(H2,19,21,23,24)/t11-/m1/s1. The Bertz CT molecular complexity index is 793. The van der Waals surface area contributed by atoms with E-state index in [1.54, 1.807) is 13.8 Å². The molecule has 2 rings (SSSR count). The van der Waals surface area contributed by atoms with Gasteiger partial charge >= 0.3 is 6.03 Å². The quantitative estimate of drug-likeness (QED) is 0.624. The van der Waals surface area contributed by atoms with Crippen LogP contribution in [-0.2, 0) is 22.6 Å². The summed E-state index contributed by atoms with van der Waals surface area (Å²) in [4.78, 5) is 40.1. The lowest BCUT2D eigenvalue weighted by Gasteiger charge is -2.10. The lowest BCUT2D eigenvalue weighted by molar-refractivity contribution is -0.119. The first-order valence-corrected chi connectivity index (χ1v) is 9.58. The van der Waals surface area contributed by atoms with E-state index in [-0.39, 0.29) is 6.42 Å². The second-order valence-corrected chi connectivity index (χ2v) is 8.22. The number of thiazole rings is 1. The van der Waals surface area contributed by atoms with Crippen LogP contribution in [0.1, 0.15) is 23.1 Å². The van der Waals surface area contributed by atoms with Gasteiger partial charge in [0.25, 0.3) is 0 Å². The molecule has 4 N–H and O–H groups in total. The number of benzene rings is 1. The van der Waals surface area contributed by atoms with Crippen molar-refractivity contribution in [2.24, 2.45) is 5.73 Å². The molecule has 7 nitrogen and oxygen atoms in total. The summed E-state index contributed by atoms with van der Waals surface area (Å²) in [6, 6.07) is 8.87. The average molecular weight is 393 g/mol. The van der Waals surface area contributed by atoms with E-state index in [0.717, 1.165) is 16.1 Å². The first-order chi connectivity index (χ1) is 12.3. The zero-order valence-electron chi connectivity index (χ0n) is 14.4. The summed E-state index contributed by atoms with van der Waals surface area (Å²) in [6.45, 7) is 3.82. The number of aryl methyl sites for hydroxylation is 1. The molecule has 1 aromatic heterocycles. The molecule has 1 atom stereocenters. The minimum Gasteiger partial charge on any atom is -0.369 e. The van der Waals surface area contributed by atoms with E-state index in [1.165, 1.54) is 23.1 Å². The number of primary amides is 1. The monoisotopic (exact) mass is 392 g/mol. The molecule has 0 bridgehead atoms. The second-order valence-electron chi connectivity index (χ2n) is 5.55. The molecule has 9 heteroatoms. The van der Waals surface area contributed by atoms with Gasteiger partial charge in [0.2, 0.25) is 11.8 Å². The highest BCUT2D eigenvalue weighted by Crippen LogP contribution is 2.30. The normalized spacial score (nSPS) is 11.6. The second kappa shape index (κ2) is 9.35. The fraction of sp³-hybridized carbons (Fsp3) is 0.294. The largest absolute Gasteiger partial charge is 0.369 e. The number of rotatable bonds is 7. The molecule has 0 saturated heterocycles. The fourth-order valence-corrected chi connectivity index (χ4v) is 4.40. The van der Waals surface area contributed by atoms with Crippen molar-refractivity contribution in [3.05, 3.63) is 46.5 Å². The Morgan fingerprint density at radius 1 is 1.27 bits per heavy atom. The summed E-state index contributed by atoms with van der Waals surface area (Å²) in [5.41, 5.74) is 6.87. The SMILES string of the molecule is Cc1nc(S[C@H](C)C(=O)NC(=O)NCc2ccccc2)sc1CC(N)=O. The molecule has 1 aromatic carbocycles. The van der Waals surface area contributed by atoms with E-state index < -0.39 is 23.1 Å². The number of imide groups is 1. The molecule has 2 aromatic rings. The predicted octanol–water partition coefficient (Wildman–Crippen LogP) is 1.99. The maximum Gasteiger partial charge on any atom is 0.321 e. The highest BCUT2D eigenvalue weighted by Gasteiger charge is 2.20. The number of hydrogen-bond acceptors (Lipinski definition) is 6. The number of hydrogen-bond donors (Lipinski definition) is 3. The number of nitrogens with one attached hydrogen (secondary N) is 2. The van der Waals surface area contributed by atoms with Gasteiger partial charge < -0.3 is 11.1 Å². The maximum absolute atomic E-state index is 12.1. The maximum atomic E-state index is 12.1. The van der Waals surface area contributed by atoms with Crippen molar-refractivity contribution >= 4 is 40.9 Å². The molecule has 0 unspecified atom stereocenters. The number of carbonyl (C=O) groups is 3. The molecule has 0 aliphatic rings. The smallest absolute Gasteiger partial charge is 0.321 e. The molecular formula is C17H20N4O3S2. The molecule has 138 valence electrons. The zero-order valence-corrected chi connectivity index (χ0v) is 16.1. The lowest BCUT2D eigenvalue weighted by atomic mass is 10.2. The average Bonchev–Trinajstić information content (AvgIpc) is 2.92. The Labute approximate surface area is 159 Å². The molecule has 0 aliphatic carbocycles. The Balaban J connectivity index is 1.83. The Morgan fingerprint density at radius 3 is 2.62 bits per heavy atom. The van der Waals surface area contributed by atoms with E-state index in [9.17, 15) is 14.4 Å². The third-order valence-electron chi connectivity index (χ3n) is 3.39. The topological polar surface area (TPSA) is 114 Å². The van der Waals surface area contributed by atoms with Crippen molar-refractivity contribution in [1.82, 2.24) is 15.6 Å². The van der Waals surface area contributed by atoms with Crippen molar-refractivity contribution in [3.63, 3.8) is 0 Å². The van der Waals surface area contributed by atoms with Gasteiger partial charge in [-0.1, -0.05) is 42.1 Å². The van der Waals surface area contributed by atoms with E-state index in [2.05, 4.69) is 15.6 Å².